The van der Waals surface area contributed by atoms with E-state index in [9.17, 15) is 14.9 Å². The molecule has 1 aromatic carbocycles. The van der Waals surface area contributed by atoms with Crippen molar-refractivity contribution < 1.29 is 9.72 Å². The third-order valence-electron chi connectivity index (χ3n) is 3.45. The van der Waals surface area contributed by atoms with Gasteiger partial charge in [-0.25, -0.2) is 0 Å². The number of nitro groups is 1. The van der Waals surface area contributed by atoms with Crippen LogP contribution in [0.3, 0.4) is 0 Å². The van der Waals surface area contributed by atoms with E-state index in [1.54, 1.807) is 12.3 Å². The number of thiophene rings is 1. The first kappa shape index (κ1) is 13.5. The van der Waals surface area contributed by atoms with Gasteiger partial charge in [-0.1, -0.05) is 6.92 Å². The molecule has 0 bridgehead atoms. The molecule has 1 N–H and O–H groups in total. The fourth-order valence-corrected chi connectivity index (χ4v) is 3.30. The normalized spacial score (nSPS) is 10.9. The van der Waals surface area contributed by atoms with E-state index in [1.165, 1.54) is 23.5 Å². The number of aryl methyl sites for hydroxylation is 1. The van der Waals surface area contributed by atoms with Gasteiger partial charge in [0.25, 0.3) is 5.69 Å². The number of nitrogens with zero attached hydrogens (tertiary/aromatic N) is 1. The number of carbonyl (C=O) groups excluding carboxylic acids is 1. The minimum Gasteiger partial charge on any atom is -0.360 e. The van der Waals surface area contributed by atoms with Gasteiger partial charge < -0.3 is 4.98 Å². The van der Waals surface area contributed by atoms with Crippen LogP contribution in [-0.4, -0.2) is 15.7 Å². The smallest absolute Gasteiger partial charge is 0.271 e. The minimum atomic E-state index is -0.448. The van der Waals surface area contributed by atoms with E-state index in [-0.39, 0.29) is 11.5 Å². The van der Waals surface area contributed by atoms with Crippen molar-refractivity contribution in [2.24, 2.45) is 0 Å². The summed E-state index contributed by atoms with van der Waals surface area (Å²) in [5, 5.41) is 13.4. The number of aromatic nitrogens is 1. The molecule has 0 spiro atoms. The molecule has 0 aliphatic carbocycles. The Kier molecular flexibility index (Phi) is 3.31. The van der Waals surface area contributed by atoms with Gasteiger partial charge in [-0.05, 0) is 29.5 Å². The Bertz CT molecular complexity index is 848. The number of aromatic amines is 1. The van der Waals surface area contributed by atoms with Gasteiger partial charge in [-0.15, -0.1) is 11.3 Å². The Morgan fingerprint density at radius 2 is 2.19 bits per heavy atom. The summed E-state index contributed by atoms with van der Waals surface area (Å²) < 4.78 is 0. The van der Waals surface area contributed by atoms with Crippen molar-refractivity contribution >= 4 is 33.7 Å². The minimum absolute atomic E-state index is 0.00807. The quantitative estimate of drug-likeness (QED) is 0.450. The molecule has 3 rings (SSSR count). The third kappa shape index (κ3) is 2.23. The molecule has 0 fully saturated rings. The van der Waals surface area contributed by atoms with E-state index in [0.29, 0.717) is 16.5 Å². The number of non-ortho nitro benzene ring substituents is 1. The third-order valence-corrected chi connectivity index (χ3v) is 4.41. The Hall–Kier alpha value is -2.47. The van der Waals surface area contributed by atoms with Gasteiger partial charge in [0, 0.05) is 29.3 Å². The van der Waals surface area contributed by atoms with Crippen molar-refractivity contribution in [1.82, 2.24) is 4.98 Å². The Labute approximate surface area is 124 Å². The second-order valence-corrected chi connectivity index (χ2v) is 5.56. The van der Waals surface area contributed by atoms with Gasteiger partial charge in [0.05, 0.1) is 15.3 Å². The first-order valence-electron chi connectivity index (χ1n) is 6.48. The van der Waals surface area contributed by atoms with Gasteiger partial charge in [0.2, 0.25) is 5.78 Å². The molecule has 106 valence electrons. The van der Waals surface area contributed by atoms with Crippen molar-refractivity contribution in [1.29, 1.82) is 0 Å². The van der Waals surface area contributed by atoms with Crippen LogP contribution < -0.4 is 0 Å². The van der Waals surface area contributed by atoms with Crippen molar-refractivity contribution in [3.63, 3.8) is 0 Å². The van der Waals surface area contributed by atoms with E-state index in [0.717, 1.165) is 16.9 Å². The highest BCUT2D eigenvalue weighted by Crippen LogP contribution is 2.28. The van der Waals surface area contributed by atoms with Crippen LogP contribution in [0.4, 0.5) is 5.69 Å². The maximum atomic E-state index is 12.6. The zero-order chi connectivity index (χ0) is 15.0. The molecule has 3 aromatic rings. The van der Waals surface area contributed by atoms with E-state index >= 15 is 0 Å². The summed E-state index contributed by atoms with van der Waals surface area (Å²) in [7, 11) is 0. The summed E-state index contributed by atoms with van der Waals surface area (Å²) in [5.74, 6) is -0.0399. The lowest BCUT2D eigenvalue weighted by Gasteiger charge is -2.00. The van der Waals surface area contributed by atoms with Gasteiger partial charge in [0.1, 0.15) is 0 Å². The van der Waals surface area contributed by atoms with Gasteiger partial charge in [-0.2, -0.15) is 0 Å². The number of hydrogen-bond donors (Lipinski definition) is 1. The highest BCUT2D eigenvalue weighted by atomic mass is 32.1. The largest absolute Gasteiger partial charge is 0.360 e. The highest BCUT2D eigenvalue weighted by molar-refractivity contribution is 7.12. The molecule has 0 aliphatic heterocycles. The molecule has 0 saturated heterocycles. The molecule has 5 nitrogen and oxygen atoms in total. The summed E-state index contributed by atoms with van der Waals surface area (Å²) >= 11 is 1.43. The number of H-pyrrole nitrogens is 1. The zero-order valence-electron chi connectivity index (χ0n) is 11.3. The predicted molar refractivity (Wildman–Crippen MR) is 82.1 cm³/mol. The first-order valence-corrected chi connectivity index (χ1v) is 7.36. The molecule has 0 aliphatic rings. The number of nitro benzene ring substituents is 1. The maximum absolute atomic E-state index is 12.6. The average molecular weight is 300 g/mol. The number of hydrogen-bond acceptors (Lipinski definition) is 4. The number of benzene rings is 1. The van der Waals surface area contributed by atoms with E-state index in [1.807, 2.05) is 18.4 Å². The Balaban J connectivity index is 2.09. The van der Waals surface area contributed by atoms with Crippen LogP contribution in [0.5, 0.6) is 0 Å². The molecule has 21 heavy (non-hydrogen) atoms. The second kappa shape index (κ2) is 5.14. The number of fused-ring (bicyclic) bond motifs is 1. The highest BCUT2D eigenvalue weighted by Gasteiger charge is 2.19. The lowest BCUT2D eigenvalue weighted by Crippen LogP contribution is -2.00. The molecule has 0 amide bonds. The molecule has 0 unspecified atom stereocenters. The number of carbonyl (C=O) groups is 1. The summed E-state index contributed by atoms with van der Waals surface area (Å²) in [6, 6.07) is 6.44. The molecule has 0 saturated carbocycles. The van der Waals surface area contributed by atoms with Crippen molar-refractivity contribution in [2.45, 2.75) is 13.3 Å². The molecule has 6 heteroatoms. The van der Waals surface area contributed by atoms with Crippen LogP contribution in [0.1, 0.15) is 27.7 Å². The Morgan fingerprint density at radius 1 is 1.38 bits per heavy atom. The predicted octanol–water partition coefficient (Wildman–Crippen LogP) is 3.93. The van der Waals surface area contributed by atoms with Gasteiger partial charge >= 0.3 is 0 Å². The second-order valence-electron chi connectivity index (χ2n) is 4.65. The summed E-state index contributed by atoms with van der Waals surface area (Å²) in [5.41, 5.74) is 2.19. The summed E-state index contributed by atoms with van der Waals surface area (Å²) in [6.45, 7) is 2.01. The van der Waals surface area contributed by atoms with Crippen LogP contribution in [0.15, 0.2) is 35.8 Å². The monoisotopic (exact) mass is 300 g/mol. The lowest BCUT2D eigenvalue weighted by molar-refractivity contribution is -0.384. The number of nitrogens with one attached hydrogen (secondary N) is 1. The molecular formula is C15H12N2O3S. The van der Waals surface area contributed by atoms with Crippen molar-refractivity contribution in [2.75, 3.05) is 0 Å². The standard InChI is InChI=1S/C15H12N2O3S/c1-2-9-5-6-21-15(9)14(18)12-8-16-13-7-10(17(19)20)3-4-11(12)13/h3-8,16H,2H2,1H3. The zero-order valence-corrected chi connectivity index (χ0v) is 12.1. The van der Waals surface area contributed by atoms with Crippen LogP contribution in [0, 0.1) is 10.1 Å². The van der Waals surface area contributed by atoms with E-state index in [4.69, 9.17) is 0 Å². The van der Waals surface area contributed by atoms with Crippen LogP contribution in [0.2, 0.25) is 0 Å². The molecule has 2 aromatic heterocycles. The maximum Gasteiger partial charge on any atom is 0.271 e. The lowest BCUT2D eigenvalue weighted by atomic mass is 10.0. The molecular weight excluding hydrogens is 288 g/mol. The fourth-order valence-electron chi connectivity index (χ4n) is 2.35. The first-order chi connectivity index (χ1) is 10.1. The molecule has 0 atom stereocenters. The topological polar surface area (TPSA) is 76.0 Å². The van der Waals surface area contributed by atoms with Crippen LogP contribution in [-0.2, 0) is 6.42 Å². The van der Waals surface area contributed by atoms with Crippen LogP contribution in [0.25, 0.3) is 10.9 Å². The summed E-state index contributed by atoms with van der Waals surface area (Å²) in [6.07, 6.45) is 2.42. The van der Waals surface area contributed by atoms with Crippen LogP contribution >= 0.6 is 11.3 Å². The molecule has 2 heterocycles. The SMILES string of the molecule is CCc1ccsc1C(=O)c1c[nH]c2cc([N+](=O)[O-])ccc12. The average Bonchev–Trinajstić information content (AvgIpc) is 3.12. The Morgan fingerprint density at radius 3 is 2.90 bits per heavy atom. The fraction of sp³-hybridized carbons (Fsp3) is 0.133. The number of ketones is 1. The van der Waals surface area contributed by atoms with E-state index in [2.05, 4.69) is 4.98 Å². The van der Waals surface area contributed by atoms with E-state index < -0.39 is 4.92 Å². The van der Waals surface area contributed by atoms with Crippen molar-refractivity contribution in [3.05, 3.63) is 62.0 Å². The number of rotatable bonds is 4. The summed E-state index contributed by atoms with van der Waals surface area (Å²) in [4.78, 5) is 26.6. The van der Waals surface area contributed by atoms with Gasteiger partial charge in [0.15, 0.2) is 0 Å². The molecule has 0 radical (unpaired) electrons. The van der Waals surface area contributed by atoms with Crippen molar-refractivity contribution in [3.8, 4) is 0 Å². The van der Waals surface area contributed by atoms with Gasteiger partial charge in [-0.3, -0.25) is 14.9 Å².